The third-order valence-electron chi connectivity index (χ3n) is 4.94. The van der Waals surface area contributed by atoms with E-state index in [1.54, 1.807) is 6.33 Å². The Labute approximate surface area is 171 Å². The Morgan fingerprint density at radius 3 is 2.78 bits per heavy atom. The van der Waals surface area contributed by atoms with Crippen LogP contribution in [0.25, 0.3) is 23.2 Å². The number of halogens is 1. The van der Waals surface area contributed by atoms with E-state index < -0.39 is 0 Å². The molecule has 0 bridgehead atoms. The summed E-state index contributed by atoms with van der Waals surface area (Å²) in [7, 11) is 0. The number of hydrogen-bond acceptors (Lipinski definition) is 4. The van der Waals surface area contributed by atoms with E-state index in [1.807, 2.05) is 35.2 Å². The minimum atomic E-state index is 0.0731. The monoisotopic (exact) mass is 472 g/mol. The van der Waals surface area contributed by atoms with Crippen LogP contribution in [0.2, 0.25) is 0 Å². The molecular formula is C19H20BIN5O. The maximum absolute atomic E-state index is 13.1. The first-order valence-electron chi connectivity index (χ1n) is 9.07. The Kier molecular flexibility index (Phi) is 4.92. The molecule has 6 nitrogen and oxygen atoms in total. The summed E-state index contributed by atoms with van der Waals surface area (Å²) in [6.45, 7) is 6.55. The van der Waals surface area contributed by atoms with Gasteiger partial charge in [-0.1, -0.05) is 12.2 Å². The van der Waals surface area contributed by atoms with Gasteiger partial charge in [-0.3, -0.25) is 9.78 Å². The highest BCUT2D eigenvalue weighted by Crippen LogP contribution is 2.15. The van der Waals surface area contributed by atoms with Gasteiger partial charge in [0.05, 0.1) is 17.6 Å². The molecule has 0 atom stereocenters. The van der Waals surface area contributed by atoms with E-state index in [0.29, 0.717) is 6.54 Å². The molecule has 27 heavy (non-hydrogen) atoms. The summed E-state index contributed by atoms with van der Waals surface area (Å²) in [5.74, 6) is 0. The van der Waals surface area contributed by atoms with E-state index in [9.17, 15) is 4.79 Å². The van der Waals surface area contributed by atoms with Gasteiger partial charge in [-0.2, -0.15) is 5.10 Å². The van der Waals surface area contributed by atoms with Crippen molar-refractivity contribution in [2.24, 2.45) is 0 Å². The van der Waals surface area contributed by atoms with Crippen molar-refractivity contribution in [2.45, 2.75) is 46.2 Å². The molecule has 0 fully saturated rings. The molecule has 0 amide bonds. The minimum Gasteiger partial charge on any atom is -0.308 e. The summed E-state index contributed by atoms with van der Waals surface area (Å²) in [6.07, 6.45) is 7.68. The van der Waals surface area contributed by atoms with Crippen LogP contribution < -0.4 is 21.6 Å². The lowest BCUT2D eigenvalue weighted by molar-refractivity contribution is 0.525. The smallest absolute Gasteiger partial charge is 0.264 e. The predicted molar refractivity (Wildman–Crippen MR) is 117 cm³/mol. The average molecular weight is 472 g/mol. The minimum absolute atomic E-state index is 0.0731. The van der Waals surface area contributed by atoms with Crippen molar-refractivity contribution >= 4 is 56.3 Å². The molecule has 4 rings (SSSR count). The topological polar surface area (TPSA) is 65.6 Å². The quantitative estimate of drug-likeness (QED) is 0.420. The zero-order valence-electron chi connectivity index (χ0n) is 15.6. The zero-order valence-corrected chi connectivity index (χ0v) is 17.8. The van der Waals surface area contributed by atoms with Crippen LogP contribution in [0.1, 0.15) is 44.1 Å². The SMILES string of the molecule is Cc1nn(Cc2cc3c(c(=O)n2C(C)C)=CCCC=3)c2ncnc([B]I)c12. The van der Waals surface area contributed by atoms with E-state index in [2.05, 4.69) is 50.6 Å². The Morgan fingerprint density at radius 2 is 2.04 bits per heavy atom. The van der Waals surface area contributed by atoms with Gasteiger partial charge >= 0.3 is 0 Å². The van der Waals surface area contributed by atoms with Crippen molar-refractivity contribution < 1.29 is 0 Å². The van der Waals surface area contributed by atoms with Gasteiger partial charge in [0.1, 0.15) is 6.33 Å². The first-order chi connectivity index (χ1) is 13.0. The molecule has 0 aliphatic heterocycles. The number of fused-ring (bicyclic) bond motifs is 2. The normalized spacial score (nSPS) is 13.4. The van der Waals surface area contributed by atoms with Crippen molar-refractivity contribution in [3.8, 4) is 0 Å². The van der Waals surface area contributed by atoms with Crippen LogP contribution in [0.4, 0.5) is 0 Å². The van der Waals surface area contributed by atoms with Gasteiger partial charge in [-0.15, -0.1) is 22.4 Å². The molecule has 1 aliphatic rings. The number of aromatic nitrogens is 5. The van der Waals surface area contributed by atoms with Crippen molar-refractivity contribution in [3.05, 3.63) is 44.6 Å². The van der Waals surface area contributed by atoms with Crippen LogP contribution in [0.3, 0.4) is 0 Å². The fourth-order valence-electron chi connectivity index (χ4n) is 3.80. The molecule has 0 spiro atoms. The van der Waals surface area contributed by atoms with Crippen LogP contribution in [-0.2, 0) is 6.54 Å². The molecule has 0 aromatic carbocycles. The maximum atomic E-state index is 13.1. The second kappa shape index (κ2) is 7.22. The van der Waals surface area contributed by atoms with Crippen LogP contribution in [-0.4, -0.2) is 29.5 Å². The second-order valence-corrected chi connectivity index (χ2v) is 7.69. The maximum Gasteiger partial charge on any atom is 0.264 e. The Balaban J connectivity index is 1.93. The van der Waals surface area contributed by atoms with Gasteiger partial charge < -0.3 is 4.57 Å². The standard InChI is InChI=1S/C19H20BIN5O/c1-11(2)26-14(8-13-6-4-5-7-15(13)19(26)27)9-25-18-16(12(3)24-25)17(20-21)22-10-23-18/h6-8,10-11H,4-5,9H2,1-3H3. The second-order valence-electron chi connectivity index (χ2n) is 7.07. The predicted octanol–water partition coefficient (Wildman–Crippen LogP) is 0.960. The van der Waals surface area contributed by atoms with Crippen LogP contribution in [0, 0.1) is 6.92 Å². The Morgan fingerprint density at radius 1 is 1.26 bits per heavy atom. The molecule has 0 saturated carbocycles. The third-order valence-corrected chi connectivity index (χ3v) is 5.53. The van der Waals surface area contributed by atoms with E-state index >= 15 is 0 Å². The van der Waals surface area contributed by atoms with E-state index in [0.717, 1.165) is 51.3 Å². The highest BCUT2D eigenvalue weighted by atomic mass is 127. The van der Waals surface area contributed by atoms with Crippen molar-refractivity contribution in [3.63, 3.8) is 0 Å². The highest BCUT2D eigenvalue weighted by Gasteiger charge is 2.17. The molecule has 3 aromatic rings. The molecule has 3 heterocycles. The first-order valence-corrected chi connectivity index (χ1v) is 10.3. The van der Waals surface area contributed by atoms with Crippen LogP contribution in [0.5, 0.6) is 0 Å². The molecule has 0 saturated heterocycles. The lowest BCUT2D eigenvalue weighted by atomic mass is 9.99. The lowest BCUT2D eigenvalue weighted by Gasteiger charge is -2.18. The van der Waals surface area contributed by atoms with Gasteiger partial charge in [-0.25, -0.2) is 9.67 Å². The van der Waals surface area contributed by atoms with Gasteiger partial charge in [-0.05, 0) is 44.9 Å². The van der Waals surface area contributed by atoms with Gasteiger partial charge in [0.15, 0.2) is 5.65 Å². The molecule has 3 aromatic heterocycles. The number of rotatable bonds is 4. The zero-order chi connectivity index (χ0) is 19.1. The van der Waals surface area contributed by atoms with E-state index in [-0.39, 0.29) is 11.6 Å². The highest BCUT2D eigenvalue weighted by molar-refractivity contribution is 14.1. The molecule has 8 heteroatoms. The Hall–Kier alpha value is -1.97. The van der Waals surface area contributed by atoms with Crippen molar-refractivity contribution in [1.29, 1.82) is 0 Å². The molecule has 0 N–H and O–H groups in total. The summed E-state index contributed by atoms with van der Waals surface area (Å²) in [4.78, 5) is 21.9. The van der Waals surface area contributed by atoms with E-state index in [1.165, 1.54) is 0 Å². The fraction of sp³-hybridized carbons (Fsp3) is 0.368. The third kappa shape index (κ3) is 3.13. The largest absolute Gasteiger partial charge is 0.308 e. The summed E-state index contributed by atoms with van der Waals surface area (Å²) in [6, 6.07) is 2.20. The van der Waals surface area contributed by atoms with Gasteiger partial charge in [0.25, 0.3) is 10.7 Å². The molecule has 1 radical (unpaired) electrons. The number of hydrogen-bond donors (Lipinski definition) is 0. The van der Waals surface area contributed by atoms with E-state index in [4.69, 9.17) is 5.10 Å². The van der Waals surface area contributed by atoms with Gasteiger partial charge in [0, 0.05) is 22.5 Å². The van der Waals surface area contributed by atoms with Crippen molar-refractivity contribution in [1.82, 2.24) is 24.3 Å². The lowest BCUT2D eigenvalue weighted by Crippen LogP contribution is -2.47. The summed E-state index contributed by atoms with van der Waals surface area (Å²) < 4.78 is 3.76. The molecule has 0 unspecified atom stereocenters. The fourth-order valence-corrected chi connectivity index (χ4v) is 4.27. The summed E-state index contributed by atoms with van der Waals surface area (Å²) in [5, 5.41) is 9.45. The Bertz CT molecular complexity index is 1210. The first kappa shape index (κ1) is 18.4. The van der Waals surface area contributed by atoms with Crippen LogP contribution in [0.15, 0.2) is 17.2 Å². The average Bonchev–Trinajstić information content (AvgIpc) is 2.97. The summed E-state index contributed by atoms with van der Waals surface area (Å²) >= 11 is 2.19. The number of aryl methyl sites for hydroxylation is 1. The summed E-state index contributed by atoms with van der Waals surface area (Å²) in [5.41, 5.74) is 3.59. The van der Waals surface area contributed by atoms with Crippen LogP contribution >= 0.6 is 22.4 Å². The molecule has 137 valence electrons. The number of pyridine rings is 1. The van der Waals surface area contributed by atoms with Crippen molar-refractivity contribution in [2.75, 3.05) is 0 Å². The molecule has 1 aliphatic carbocycles. The van der Waals surface area contributed by atoms with Gasteiger partial charge in [0.2, 0.25) is 0 Å². The number of nitrogens with zero attached hydrogens (tertiary/aromatic N) is 5. The molecular weight excluding hydrogens is 452 g/mol.